The van der Waals surface area contributed by atoms with Gasteiger partial charge in [-0.2, -0.15) is 0 Å². The SMILES string of the molecule is Cc1cccc(N2C(=O)CS[C@@H]2c2cccc(NC(=O)C3CCCC3)c2)c1. The summed E-state index contributed by atoms with van der Waals surface area (Å²) >= 11 is 1.63. The molecule has 1 saturated carbocycles. The molecule has 4 nitrogen and oxygen atoms in total. The number of benzene rings is 2. The molecule has 2 aromatic carbocycles. The average molecular weight is 381 g/mol. The molecule has 0 spiro atoms. The van der Waals surface area contributed by atoms with Crippen LogP contribution in [0.15, 0.2) is 48.5 Å². The summed E-state index contributed by atoms with van der Waals surface area (Å²) in [5.74, 6) is 0.850. The van der Waals surface area contributed by atoms with E-state index in [1.54, 1.807) is 11.8 Å². The van der Waals surface area contributed by atoms with E-state index < -0.39 is 0 Å². The monoisotopic (exact) mass is 380 g/mol. The lowest BCUT2D eigenvalue weighted by Gasteiger charge is -2.25. The second-order valence-corrected chi connectivity index (χ2v) is 8.43. The molecule has 0 bridgehead atoms. The molecule has 1 heterocycles. The van der Waals surface area contributed by atoms with Crippen LogP contribution >= 0.6 is 11.8 Å². The largest absolute Gasteiger partial charge is 0.326 e. The van der Waals surface area contributed by atoms with Crippen LogP contribution < -0.4 is 10.2 Å². The molecule has 1 saturated heterocycles. The number of nitrogens with zero attached hydrogens (tertiary/aromatic N) is 1. The highest BCUT2D eigenvalue weighted by atomic mass is 32.2. The fraction of sp³-hybridized carbons (Fsp3) is 0.364. The van der Waals surface area contributed by atoms with Crippen LogP contribution in [0.5, 0.6) is 0 Å². The number of nitrogens with one attached hydrogen (secondary N) is 1. The molecule has 1 aliphatic carbocycles. The maximum absolute atomic E-state index is 12.5. The van der Waals surface area contributed by atoms with Crippen LogP contribution in [0.2, 0.25) is 0 Å². The number of anilines is 2. The summed E-state index contributed by atoms with van der Waals surface area (Å²) in [6.45, 7) is 2.03. The number of hydrogen-bond donors (Lipinski definition) is 1. The van der Waals surface area contributed by atoms with Crippen LogP contribution in [-0.2, 0) is 9.59 Å². The van der Waals surface area contributed by atoms with Gasteiger partial charge >= 0.3 is 0 Å². The van der Waals surface area contributed by atoms with Crippen molar-refractivity contribution in [3.63, 3.8) is 0 Å². The fourth-order valence-electron chi connectivity index (χ4n) is 3.93. The van der Waals surface area contributed by atoms with Gasteiger partial charge in [0.05, 0.1) is 5.75 Å². The summed E-state index contributed by atoms with van der Waals surface area (Å²) in [7, 11) is 0. The standard InChI is InChI=1S/C22H24N2O2S/c1-15-6-4-11-19(12-15)24-20(25)14-27-22(24)17-9-5-10-18(13-17)23-21(26)16-7-2-3-8-16/h4-6,9-13,16,22H,2-3,7-8,14H2,1H3,(H,23,26)/t22-/m1/s1. The Morgan fingerprint density at radius 1 is 1.11 bits per heavy atom. The summed E-state index contributed by atoms with van der Waals surface area (Å²) in [4.78, 5) is 26.9. The Labute approximate surface area is 164 Å². The maximum atomic E-state index is 12.5. The van der Waals surface area contributed by atoms with Crippen molar-refractivity contribution < 1.29 is 9.59 Å². The second-order valence-electron chi connectivity index (χ2n) is 7.36. The second kappa shape index (κ2) is 7.77. The van der Waals surface area contributed by atoms with Gasteiger partial charge in [0.1, 0.15) is 5.37 Å². The summed E-state index contributed by atoms with van der Waals surface area (Å²) < 4.78 is 0. The summed E-state index contributed by atoms with van der Waals surface area (Å²) in [5, 5.41) is 3.00. The quantitative estimate of drug-likeness (QED) is 0.820. The van der Waals surface area contributed by atoms with E-state index in [-0.39, 0.29) is 23.1 Å². The molecule has 1 aliphatic heterocycles. The Bertz CT molecular complexity index is 861. The number of carbonyl (C=O) groups is 2. The maximum Gasteiger partial charge on any atom is 0.238 e. The van der Waals surface area contributed by atoms with Gasteiger partial charge in [0.2, 0.25) is 11.8 Å². The molecule has 0 radical (unpaired) electrons. The van der Waals surface area contributed by atoms with Gasteiger partial charge in [0, 0.05) is 17.3 Å². The van der Waals surface area contributed by atoms with Gasteiger partial charge in [-0.3, -0.25) is 14.5 Å². The third-order valence-corrected chi connectivity index (χ3v) is 6.53. The normalized spacial score (nSPS) is 20.3. The molecule has 2 aromatic rings. The average Bonchev–Trinajstić information content (AvgIpc) is 3.32. The first-order chi connectivity index (χ1) is 13.1. The van der Waals surface area contributed by atoms with Crippen LogP contribution in [0.3, 0.4) is 0 Å². The predicted octanol–water partition coefficient (Wildman–Crippen LogP) is 4.90. The van der Waals surface area contributed by atoms with Gasteiger partial charge < -0.3 is 5.32 Å². The van der Waals surface area contributed by atoms with E-state index in [0.717, 1.165) is 48.2 Å². The lowest BCUT2D eigenvalue weighted by atomic mass is 10.1. The molecule has 4 rings (SSSR count). The summed E-state index contributed by atoms with van der Waals surface area (Å²) in [5.41, 5.74) is 3.91. The zero-order valence-electron chi connectivity index (χ0n) is 15.5. The van der Waals surface area contributed by atoms with E-state index in [9.17, 15) is 9.59 Å². The van der Waals surface area contributed by atoms with E-state index >= 15 is 0 Å². The van der Waals surface area contributed by atoms with Crippen molar-refractivity contribution in [3.8, 4) is 0 Å². The van der Waals surface area contributed by atoms with Crippen molar-refractivity contribution in [3.05, 3.63) is 59.7 Å². The molecule has 2 aliphatic rings. The first kappa shape index (κ1) is 18.1. The third kappa shape index (κ3) is 3.88. The molecule has 0 unspecified atom stereocenters. The fourth-order valence-corrected chi connectivity index (χ4v) is 5.10. The summed E-state index contributed by atoms with van der Waals surface area (Å²) in [6.07, 6.45) is 4.26. The zero-order chi connectivity index (χ0) is 18.8. The molecule has 5 heteroatoms. The molecular weight excluding hydrogens is 356 g/mol. The van der Waals surface area contributed by atoms with Crippen LogP contribution in [0.1, 0.15) is 42.2 Å². The third-order valence-electron chi connectivity index (χ3n) is 5.31. The minimum Gasteiger partial charge on any atom is -0.326 e. The highest BCUT2D eigenvalue weighted by Crippen LogP contribution is 2.42. The van der Waals surface area contributed by atoms with Gasteiger partial charge in [0.15, 0.2) is 0 Å². The number of amides is 2. The van der Waals surface area contributed by atoms with Gasteiger partial charge in [-0.05, 0) is 55.2 Å². The lowest BCUT2D eigenvalue weighted by Crippen LogP contribution is -2.28. The van der Waals surface area contributed by atoms with E-state index in [0.29, 0.717) is 5.75 Å². The van der Waals surface area contributed by atoms with Crippen molar-refractivity contribution in [1.82, 2.24) is 0 Å². The lowest BCUT2D eigenvalue weighted by molar-refractivity contribution is -0.119. The van der Waals surface area contributed by atoms with E-state index in [4.69, 9.17) is 0 Å². The van der Waals surface area contributed by atoms with Crippen molar-refractivity contribution >= 4 is 35.0 Å². The Morgan fingerprint density at radius 3 is 2.67 bits per heavy atom. The van der Waals surface area contributed by atoms with E-state index in [1.165, 1.54) is 0 Å². The van der Waals surface area contributed by atoms with E-state index in [2.05, 4.69) is 5.32 Å². The molecule has 1 atom stereocenters. The molecule has 140 valence electrons. The number of hydrogen-bond acceptors (Lipinski definition) is 3. The highest BCUT2D eigenvalue weighted by Gasteiger charge is 2.34. The van der Waals surface area contributed by atoms with Crippen LogP contribution in [-0.4, -0.2) is 17.6 Å². The highest BCUT2D eigenvalue weighted by molar-refractivity contribution is 8.00. The molecule has 0 aromatic heterocycles. The van der Waals surface area contributed by atoms with E-state index in [1.807, 2.05) is 60.4 Å². The molecule has 2 fully saturated rings. The zero-order valence-corrected chi connectivity index (χ0v) is 16.3. The van der Waals surface area contributed by atoms with Crippen LogP contribution in [0.4, 0.5) is 11.4 Å². The van der Waals surface area contributed by atoms with Crippen LogP contribution in [0, 0.1) is 12.8 Å². The minimum absolute atomic E-state index is 0.0670. The Hall–Kier alpha value is -2.27. The van der Waals surface area contributed by atoms with Gasteiger partial charge in [-0.25, -0.2) is 0 Å². The Balaban J connectivity index is 1.57. The topological polar surface area (TPSA) is 49.4 Å². The molecule has 27 heavy (non-hydrogen) atoms. The van der Waals surface area contributed by atoms with Crippen molar-refractivity contribution in [1.29, 1.82) is 0 Å². The van der Waals surface area contributed by atoms with Crippen molar-refractivity contribution in [2.45, 2.75) is 38.0 Å². The number of aryl methyl sites for hydroxylation is 1. The first-order valence-electron chi connectivity index (χ1n) is 9.53. The van der Waals surface area contributed by atoms with Crippen molar-refractivity contribution in [2.24, 2.45) is 5.92 Å². The van der Waals surface area contributed by atoms with Crippen molar-refractivity contribution in [2.75, 3.05) is 16.0 Å². The summed E-state index contributed by atoms with van der Waals surface area (Å²) in [6, 6.07) is 16.0. The predicted molar refractivity (Wildman–Crippen MR) is 111 cm³/mol. The first-order valence-corrected chi connectivity index (χ1v) is 10.6. The van der Waals surface area contributed by atoms with Crippen LogP contribution in [0.25, 0.3) is 0 Å². The minimum atomic E-state index is -0.0670. The van der Waals surface area contributed by atoms with Gasteiger partial charge in [0.25, 0.3) is 0 Å². The molecule has 2 amide bonds. The Kier molecular flexibility index (Phi) is 5.21. The van der Waals surface area contributed by atoms with Gasteiger partial charge in [-0.1, -0.05) is 37.1 Å². The molecule has 1 N–H and O–H groups in total. The molecular formula is C22H24N2O2S. The number of carbonyl (C=O) groups excluding carboxylic acids is 2. The smallest absolute Gasteiger partial charge is 0.238 e. The van der Waals surface area contributed by atoms with Gasteiger partial charge in [-0.15, -0.1) is 11.8 Å². The number of rotatable bonds is 4. The Morgan fingerprint density at radius 2 is 1.89 bits per heavy atom. The number of thioether (sulfide) groups is 1.